The molecule has 0 amide bonds. The number of hydrogen-bond acceptors (Lipinski definition) is 6. The van der Waals surface area contributed by atoms with E-state index in [1.54, 1.807) is 0 Å². The second-order valence-electron chi connectivity index (χ2n) is 13.7. The first-order valence-electron chi connectivity index (χ1n) is 19.8. The zero-order chi connectivity index (χ0) is 32.5. The Kier molecular flexibility index (Phi) is 31.2. The Morgan fingerprint density at radius 2 is 0.889 bits per heavy atom. The molecule has 0 aliphatic carbocycles. The minimum atomic E-state index is -0.363. The third-order valence-corrected chi connectivity index (χ3v) is 10.2. The smallest absolute Gasteiger partial charge is 0.306 e. The Labute approximate surface area is 284 Å². The summed E-state index contributed by atoms with van der Waals surface area (Å²) in [6, 6.07) is 0. The van der Waals surface area contributed by atoms with Crippen LogP contribution in [0.3, 0.4) is 0 Å². The predicted molar refractivity (Wildman–Crippen MR) is 195 cm³/mol. The van der Waals surface area contributed by atoms with Gasteiger partial charge in [0, 0.05) is 44.0 Å². The summed E-state index contributed by atoms with van der Waals surface area (Å²) in [5.41, 5.74) is 0. The third kappa shape index (κ3) is 29.1. The molecular weight excluding hydrogens is 578 g/mol. The molecule has 1 aliphatic rings. The SMILES string of the molecule is CCCCCCCCCCCCCCCC(=O)OCC(CN1CCSCC1)OC(=O)CCCCCCCCCCCCCCC. The summed E-state index contributed by atoms with van der Waals surface area (Å²) >= 11 is 1.97. The van der Waals surface area contributed by atoms with Gasteiger partial charge in [-0.15, -0.1) is 0 Å². The highest BCUT2D eigenvalue weighted by molar-refractivity contribution is 7.99. The highest BCUT2D eigenvalue weighted by Gasteiger charge is 2.22. The summed E-state index contributed by atoms with van der Waals surface area (Å²) in [4.78, 5) is 27.5. The maximum Gasteiger partial charge on any atom is 0.306 e. The van der Waals surface area contributed by atoms with Crippen LogP contribution in [-0.4, -0.2) is 60.7 Å². The zero-order valence-electron chi connectivity index (χ0n) is 30.1. The van der Waals surface area contributed by atoms with Gasteiger partial charge in [-0.05, 0) is 12.8 Å². The van der Waals surface area contributed by atoms with Crippen LogP contribution in [-0.2, 0) is 19.1 Å². The standard InChI is InChI=1S/C39H75NO4S/c1-3-5-7-9-11-13-15-17-19-21-23-25-27-29-38(41)43-36-37(35-40-31-33-45-34-32-40)44-39(42)30-28-26-24-22-20-18-16-14-12-10-8-6-4-2/h37H,3-36H2,1-2H3. The Morgan fingerprint density at radius 3 is 1.29 bits per heavy atom. The van der Waals surface area contributed by atoms with E-state index in [-0.39, 0.29) is 24.6 Å². The first-order chi connectivity index (χ1) is 22.2. The molecule has 1 fully saturated rings. The molecule has 1 heterocycles. The average molecular weight is 654 g/mol. The van der Waals surface area contributed by atoms with Crippen molar-refractivity contribution < 1.29 is 19.1 Å². The lowest BCUT2D eigenvalue weighted by Crippen LogP contribution is -2.42. The van der Waals surface area contributed by atoms with Gasteiger partial charge in [-0.3, -0.25) is 14.5 Å². The summed E-state index contributed by atoms with van der Waals surface area (Å²) in [6.07, 6.45) is 34.2. The van der Waals surface area contributed by atoms with Crippen LogP contribution < -0.4 is 0 Å². The van der Waals surface area contributed by atoms with Crippen LogP contribution in [0.25, 0.3) is 0 Å². The normalized spacial score (nSPS) is 14.4. The number of unbranched alkanes of at least 4 members (excludes halogenated alkanes) is 24. The number of thioether (sulfide) groups is 1. The molecule has 0 aromatic carbocycles. The molecule has 0 spiro atoms. The summed E-state index contributed by atoms with van der Waals surface area (Å²) in [5, 5.41) is 0. The molecule has 0 saturated carbocycles. The minimum Gasteiger partial charge on any atom is -0.462 e. The lowest BCUT2D eigenvalue weighted by atomic mass is 10.0. The molecule has 1 atom stereocenters. The van der Waals surface area contributed by atoms with Gasteiger partial charge in [0.25, 0.3) is 0 Å². The van der Waals surface area contributed by atoms with Gasteiger partial charge in [-0.1, -0.05) is 168 Å². The Hall–Kier alpha value is -0.750. The summed E-state index contributed by atoms with van der Waals surface area (Å²) < 4.78 is 11.5. The van der Waals surface area contributed by atoms with Crippen molar-refractivity contribution in [3.8, 4) is 0 Å². The number of esters is 2. The van der Waals surface area contributed by atoms with E-state index in [9.17, 15) is 9.59 Å². The van der Waals surface area contributed by atoms with Crippen LogP contribution in [0.15, 0.2) is 0 Å². The fourth-order valence-electron chi connectivity index (χ4n) is 6.27. The molecule has 5 nitrogen and oxygen atoms in total. The van der Waals surface area contributed by atoms with E-state index in [0.29, 0.717) is 19.4 Å². The van der Waals surface area contributed by atoms with E-state index < -0.39 is 0 Å². The topological polar surface area (TPSA) is 55.8 Å². The lowest BCUT2D eigenvalue weighted by Gasteiger charge is -2.29. The average Bonchev–Trinajstić information content (AvgIpc) is 3.04. The molecule has 0 bridgehead atoms. The van der Waals surface area contributed by atoms with E-state index in [2.05, 4.69) is 18.7 Å². The maximum atomic E-state index is 12.7. The number of carbonyl (C=O) groups excluding carboxylic acids is 2. The fourth-order valence-corrected chi connectivity index (χ4v) is 7.25. The first kappa shape index (κ1) is 42.3. The van der Waals surface area contributed by atoms with Gasteiger partial charge >= 0.3 is 11.9 Å². The lowest BCUT2D eigenvalue weighted by molar-refractivity contribution is -0.160. The van der Waals surface area contributed by atoms with Crippen molar-refractivity contribution >= 4 is 23.7 Å². The number of nitrogens with zero attached hydrogens (tertiary/aromatic N) is 1. The van der Waals surface area contributed by atoms with E-state index in [0.717, 1.165) is 50.3 Å². The van der Waals surface area contributed by atoms with E-state index in [4.69, 9.17) is 9.47 Å². The quantitative estimate of drug-likeness (QED) is 0.0519. The fraction of sp³-hybridized carbons (Fsp3) is 0.949. The summed E-state index contributed by atoms with van der Waals surface area (Å²) in [6.45, 7) is 7.41. The Morgan fingerprint density at radius 1 is 0.533 bits per heavy atom. The summed E-state index contributed by atoms with van der Waals surface area (Å²) in [7, 11) is 0. The molecule has 1 rings (SSSR count). The molecule has 1 aliphatic heterocycles. The van der Waals surface area contributed by atoms with Gasteiger partial charge in [0.2, 0.25) is 0 Å². The second kappa shape index (κ2) is 33.2. The number of ether oxygens (including phenoxy) is 2. The molecule has 0 N–H and O–H groups in total. The van der Waals surface area contributed by atoms with Gasteiger partial charge in [-0.2, -0.15) is 11.8 Å². The van der Waals surface area contributed by atoms with Gasteiger partial charge in [0.1, 0.15) is 12.7 Å². The zero-order valence-corrected chi connectivity index (χ0v) is 30.9. The van der Waals surface area contributed by atoms with Crippen LogP contribution >= 0.6 is 11.8 Å². The van der Waals surface area contributed by atoms with Crippen LogP contribution in [0.5, 0.6) is 0 Å². The third-order valence-electron chi connectivity index (χ3n) is 9.26. The molecule has 266 valence electrons. The van der Waals surface area contributed by atoms with Crippen LogP contribution in [0.4, 0.5) is 0 Å². The van der Waals surface area contributed by atoms with Crippen LogP contribution in [0.2, 0.25) is 0 Å². The molecule has 0 aromatic rings. The molecule has 6 heteroatoms. The summed E-state index contributed by atoms with van der Waals surface area (Å²) in [5.74, 6) is 1.93. The van der Waals surface area contributed by atoms with Crippen molar-refractivity contribution in [1.82, 2.24) is 4.90 Å². The van der Waals surface area contributed by atoms with Gasteiger partial charge in [-0.25, -0.2) is 0 Å². The number of hydrogen-bond donors (Lipinski definition) is 0. The number of carbonyl (C=O) groups is 2. The van der Waals surface area contributed by atoms with Crippen LogP contribution in [0, 0.1) is 0 Å². The van der Waals surface area contributed by atoms with E-state index in [1.165, 1.54) is 141 Å². The molecule has 0 aromatic heterocycles. The largest absolute Gasteiger partial charge is 0.462 e. The van der Waals surface area contributed by atoms with Gasteiger partial charge in [0.05, 0.1) is 0 Å². The molecule has 0 radical (unpaired) electrons. The highest BCUT2D eigenvalue weighted by atomic mass is 32.2. The first-order valence-corrected chi connectivity index (χ1v) is 21.0. The van der Waals surface area contributed by atoms with Crippen molar-refractivity contribution in [3.63, 3.8) is 0 Å². The van der Waals surface area contributed by atoms with Crippen molar-refractivity contribution in [3.05, 3.63) is 0 Å². The molecular formula is C39H75NO4S. The number of rotatable bonds is 33. The van der Waals surface area contributed by atoms with E-state index >= 15 is 0 Å². The van der Waals surface area contributed by atoms with E-state index in [1.807, 2.05) is 11.8 Å². The molecule has 1 saturated heterocycles. The van der Waals surface area contributed by atoms with Crippen molar-refractivity contribution in [2.75, 3.05) is 37.7 Å². The Balaban J connectivity index is 2.11. The van der Waals surface area contributed by atoms with Crippen molar-refractivity contribution in [2.24, 2.45) is 0 Å². The highest BCUT2D eigenvalue weighted by Crippen LogP contribution is 2.16. The van der Waals surface area contributed by atoms with Crippen molar-refractivity contribution in [1.29, 1.82) is 0 Å². The van der Waals surface area contributed by atoms with Gasteiger partial charge in [0.15, 0.2) is 0 Å². The minimum absolute atomic E-state index is 0.137. The molecule has 45 heavy (non-hydrogen) atoms. The predicted octanol–water partition coefficient (Wildman–Crippen LogP) is 11.5. The maximum absolute atomic E-state index is 12.7. The Bertz CT molecular complexity index is 655. The molecule has 1 unspecified atom stereocenters. The van der Waals surface area contributed by atoms with Gasteiger partial charge < -0.3 is 9.47 Å². The van der Waals surface area contributed by atoms with Crippen LogP contribution in [0.1, 0.15) is 194 Å². The second-order valence-corrected chi connectivity index (χ2v) is 14.9. The van der Waals surface area contributed by atoms with Crippen molar-refractivity contribution in [2.45, 2.75) is 200 Å². The monoisotopic (exact) mass is 654 g/mol.